The van der Waals surface area contributed by atoms with Crippen LogP contribution in [0.15, 0.2) is 231 Å². The van der Waals surface area contributed by atoms with Crippen molar-refractivity contribution < 1.29 is 0 Å². The average Bonchev–Trinajstić information content (AvgIpc) is 3.60. The van der Waals surface area contributed by atoms with Crippen LogP contribution in [0, 0.1) is 0 Å². The van der Waals surface area contributed by atoms with Gasteiger partial charge in [-0.05, 0) is 107 Å². The molecule has 2 nitrogen and oxygen atoms in total. The molecule has 11 aromatic rings. The second-order valence-electron chi connectivity index (χ2n) is 17.7. The van der Waals surface area contributed by atoms with Gasteiger partial charge in [-0.1, -0.05) is 226 Å². The van der Waals surface area contributed by atoms with Crippen molar-refractivity contribution in [2.24, 2.45) is 0 Å². The van der Waals surface area contributed by atoms with Gasteiger partial charge in [0.25, 0.3) is 0 Å². The third-order valence-corrected chi connectivity index (χ3v) is 13.5. The van der Waals surface area contributed by atoms with Crippen LogP contribution in [0.4, 0.5) is 0 Å². The maximum Gasteiger partial charge on any atom is 0.160 e. The smallest absolute Gasteiger partial charge is 0.160 e. The molecule has 306 valence electrons. The molecule has 0 unspecified atom stereocenters. The molecule has 0 saturated heterocycles. The van der Waals surface area contributed by atoms with Gasteiger partial charge in [0.2, 0.25) is 0 Å². The summed E-state index contributed by atoms with van der Waals surface area (Å²) in [6.07, 6.45) is 0. The number of fused-ring (bicyclic) bond motifs is 5. The normalized spacial score (nSPS) is 12.6. The largest absolute Gasteiger partial charge is 0.228 e. The van der Waals surface area contributed by atoms with Gasteiger partial charge in [0.1, 0.15) is 0 Å². The molecule has 0 atom stereocenters. The molecule has 0 amide bonds. The summed E-state index contributed by atoms with van der Waals surface area (Å²) in [7, 11) is 0. The van der Waals surface area contributed by atoms with Crippen LogP contribution in [0.5, 0.6) is 0 Å². The molecule has 0 saturated carbocycles. The lowest BCUT2D eigenvalue weighted by Crippen LogP contribution is -2.14. The molecule has 1 heterocycles. The van der Waals surface area contributed by atoms with Crippen LogP contribution in [0.3, 0.4) is 0 Å². The lowest BCUT2D eigenvalue weighted by Gasteiger charge is -2.22. The molecule has 0 bridgehead atoms. The molecule has 2 heteroatoms. The molecule has 1 aromatic heterocycles. The molecular weight excluding hydrogens is 785 g/mol. The minimum Gasteiger partial charge on any atom is -0.228 e. The second-order valence-corrected chi connectivity index (χ2v) is 17.7. The summed E-state index contributed by atoms with van der Waals surface area (Å²) in [4.78, 5) is 10.2. The maximum absolute atomic E-state index is 5.15. The van der Waals surface area contributed by atoms with Gasteiger partial charge < -0.3 is 0 Å². The van der Waals surface area contributed by atoms with Gasteiger partial charge in [0.15, 0.2) is 5.82 Å². The predicted molar refractivity (Wildman–Crippen MR) is 273 cm³/mol. The van der Waals surface area contributed by atoms with Gasteiger partial charge >= 0.3 is 0 Å². The fourth-order valence-electron chi connectivity index (χ4n) is 10.1. The Morgan fingerprint density at radius 1 is 0.292 bits per heavy atom. The first-order valence-electron chi connectivity index (χ1n) is 22.5. The summed E-state index contributed by atoms with van der Waals surface area (Å²) < 4.78 is 0. The Balaban J connectivity index is 0.921. The molecule has 10 aromatic carbocycles. The SMILES string of the molecule is CC1(C)c2cc3ccccc3cc2-c2c(-c3ccc(-c4c(-c5ccc(-c6cc(-c7ccc(-c8ccccc8)cc7)nc(-c7ccccc7)n6)cc5)ccc5ccccc45)cc3)cccc21. The van der Waals surface area contributed by atoms with Crippen molar-refractivity contribution in [2.45, 2.75) is 19.3 Å². The van der Waals surface area contributed by atoms with E-state index in [0.29, 0.717) is 5.82 Å². The van der Waals surface area contributed by atoms with E-state index in [4.69, 9.17) is 9.97 Å². The van der Waals surface area contributed by atoms with Crippen molar-refractivity contribution in [3.8, 4) is 89.5 Å². The lowest BCUT2D eigenvalue weighted by molar-refractivity contribution is 0.661. The minimum atomic E-state index is -0.0902. The molecule has 0 aliphatic heterocycles. The molecule has 0 N–H and O–H groups in total. The van der Waals surface area contributed by atoms with Crippen molar-refractivity contribution in [1.82, 2.24) is 9.97 Å². The van der Waals surface area contributed by atoms with E-state index in [-0.39, 0.29) is 5.41 Å². The lowest BCUT2D eigenvalue weighted by atomic mass is 9.81. The van der Waals surface area contributed by atoms with E-state index in [9.17, 15) is 0 Å². The molecule has 0 spiro atoms. The van der Waals surface area contributed by atoms with Gasteiger partial charge in [-0.3, -0.25) is 0 Å². The Bertz CT molecular complexity index is 3570. The zero-order chi connectivity index (χ0) is 43.5. The molecule has 0 radical (unpaired) electrons. The number of benzene rings is 10. The fraction of sp³-hybridized carbons (Fsp3) is 0.0476. The first-order valence-corrected chi connectivity index (χ1v) is 22.5. The summed E-state index contributed by atoms with van der Waals surface area (Å²) >= 11 is 0. The highest BCUT2D eigenvalue weighted by Crippen LogP contribution is 2.53. The maximum atomic E-state index is 5.15. The summed E-state index contributed by atoms with van der Waals surface area (Å²) in [5.41, 5.74) is 19.9. The molecule has 65 heavy (non-hydrogen) atoms. The van der Waals surface area contributed by atoms with Gasteiger partial charge in [-0.15, -0.1) is 0 Å². The van der Waals surface area contributed by atoms with E-state index in [2.05, 4.69) is 220 Å². The first kappa shape index (κ1) is 38.5. The van der Waals surface area contributed by atoms with E-state index in [1.807, 2.05) is 24.3 Å². The summed E-state index contributed by atoms with van der Waals surface area (Å²) in [6, 6.07) is 83.3. The number of aromatic nitrogens is 2. The predicted octanol–water partition coefficient (Wildman–Crippen LogP) is 16.8. The van der Waals surface area contributed by atoms with Crippen molar-refractivity contribution in [3.63, 3.8) is 0 Å². The highest BCUT2D eigenvalue weighted by molar-refractivity contribution is 6.05. The summed E-state index contributed by atoms with van der Waals surface area (Å²) in [5, 5.41) is 5.02. The average molecular weight is 829 g/mol. The Kier molecular flexibility index (Phi) is 9.21. The Labute approximate surface area is 380 Å². The zero-order valence-electron chi connectivity index (χ0n) is 36.3. The fourth-order valence-corrected chi connectivity index (χ4v) is 10.1. The van der Waals surface area contributed by atoms with Gasteiger partial charge in [-0.2, -0.15) is 0 Å². The van der Waals surface area contributed by atoms with E-state index in [1.54, 1.807) is 0 Å². The molecular formula is C63H44N2. The van der Waals surface area contributed by atoms with Crippen LogP contribution >= 0.6 is 0 Å². The monoisotopic (exact) mass is 828 g/mol. The summed E-state index contributed by atoms with van der Waals surface area (Å²) in [5.74, 6) is 0.705. The van der Waals surface area contributed by atoms with E-state index in [1.165, 1.54) is 82.7 Å². The second kappa shape index (κ2) is 15.6. The van der Waals surface area contributed by atoms with Gasteiger partial charge in [0, 0.05) is 22.1 Å². The number of hydrogen-bond donors (Lipinski definition) is 0. The minimum absolute atomic E-state index is 0.0902. The number of nitrogens with zero attached hydrogens (tertiary/aromatic N) is 2. The van der Waals surface area contributed by atoms with Crippen molar-refractivity contribution in [3.05, 3.63) is 242 Å². The van der Waals surface area contributed by atoms with Crippen LogP contribution in [0.2, 0.25) is 0 Å². The van der Waals surface area contributed by atoms with E-state index in [0.717, 1.165) is 33.6 Å². The van der Waals surface area contributed by atoms with E-state index >= 15 is 0 Å². The topological polar surface area (TPSA) is 25.8 Å². The van der Waals surface area contributed by atoms with Crippen molar-refractivity contribution in [1.29, 1.82) is 0 Å². The molecule has 1 aliphatic rings. The quantitative estimate of drug-likeness (QED) is 0.160. The zero-order valence-corrected chi connectivity index (χ0v) is 36.3. The number of hydrogen-bond acceptors (Lipinski definition) is 2. The molecule has 12 rings (SSSR count). The van der Waals surface area contributed by atoms with Crippen LogP contribution in [0.25, 0.3) is 111 Å². The standard InChI is InChI=1S/C63H44N2/c1-63(2)56-23-13-22-53(61(56)55-38-50-19-9-10-20-51(50)39-57(55)63)44-28-34-48(35-29-44)60-52-21-12-11-16-43(52)36-37-54(60)45-26-32-47(33-27-45)59-40-58(64-62(65-59)49-17-7-4-8-18-49)46-30-24-42(25-31-46)41-14-5-3-6-15-41/h3-40H,1-2H3. The highest BCUT2D eigenvalue weighted by atomic mass is 14.9. The molecule has 1 aliphatic carbocycles. The van der Waals surface area contributed by atoms with Crippen molar-refractivity contribution in [2.75, 3.05) is 0 Å². The Morgan fingerprint density at radius 2 is 0.785 bits per heavy atom. The highest BCUT2D eigenvalue weighted by Gasteiger charge is 2.37. The van der Waals surface area contributed by atoms with Crippen molar-refractivity contribution >= 4 is 21.5 Å². The van der Waals surface area contributed by atoms with Gasteiger partial charge in [0.05, 0.1) is 11.4 Å². The summed E-state index contributed by atoms with van der Waals surface area (Å²) in [6.45, 7) is 4.74. The molecule has 0 fully saturated rings. The number of rotatable bonds is 7. The Morgan fingerprint density at radius 3 is 1.43 bits per heavy atom. The first-order chi connectivity index (χ1) is 32.0. The van der Waals surface area contributed by atoms with Crippen LogP contribution in [-0.4, -0.2) is 9.97 Å². The van der Waals surface area contributed by atoms with Crippen LogP contribution in [0.1, 0.15) is 25.0 Å². The van der Waals surface area contributed by atoms with E-state index < -0.39 is 0 Å². The Hall–Kier alpha value is -8.20. The van der Waals surface area contributed by atoms with Crippen LogP contribution in [-0.2, 0) is 5.41 Å². The third kappa shape index (κ3) is 6.74. The van der Waals surface area contributed by atoms with Gasteiger partial charge in [-0.25, -0.2) is 9.97 Å². The van der Waals surface area contributed by atoms with Crippen LogP contribution < -0.4 is 0 Å². The third-order valence-electron chi connectivity index (χ3n) is 13.5.